The number of hydrogen-bond donors (Lipinski definition) is 2. The van der Waals surface area contributed by atoms with Crippen molar-refractivity contribution in [2.24, 2.45) is 0 Å². The molecule has 0 atom stereocenters. The number of aromatic nitrogens is 1. The van der Waals surface area contributed by atoms with Gasteiger partial charge in [-0.1, -0.05) is 20.8 Å². The molecule has 0 aliphatic rings. The summed E-state index contributed by atoms with van der Waals surface area (Å²) in [4.78, 5) is 27.7. The predicted octanol–water partition coefficient (Wildman–Crippen LogP) is 4.33. The number of hydrogen-bond acceptors (Lipinski definition) is 7. The third-order valence-electron chi connectivity index (χ3n) is 3.70. The molecular weight excluding hydrogens is 366 g/mol. The largest absolute Gasteiger partial charge is 0.492 e. The van der Waals surface area contributed by atoms with Crippen LogP contribution in [0, 0.1) is 0 Å². The molecule has 0 aliphatic carbocycles. The van der Waals surface area contributed by atoms with E-state index in [0.717, 1.165) is 5.56 Å². The molecule has 0 radical (unpaired) electrons. The molecule has 0 bridgehead atoms. The molecule has 27 heavy (non-hydrogen) atoms. The number of anilines is 3. The predicted molar refractivity (Wildman–Crippen MR) is 107 cm³/mol. The first-order valence-corrected chi connectivity index (χ1v) is 9.43. The van der Waals surface area contributed by atoms with Crippen LogP contribution < -0.4 is 15.4 Å². The van der Waals surface area contributed by atoms with Gasteiger partial charge in [-0.15, -0.1) is 11.3 Å². The standard InChI is InChI=1S/C19H25N3O4S/c1-7-26-17(24)15-10-27-18(22-15)21-14-9-12(19(3,4)5)8-13(16(14)25-6)20-11(2)23/h8-10H,7H2,1-6H3,(H,20,23)(H,21,22). The molecule has 8 heteroatoms. The number of rotatable bonds is 6. The molecule has 7 nitrogen and oxygen atoms in total. The van der Waals surface area contributed by atoms with Crippen LogP contribution in [0.25, 0.3) is 0 Å². The van der Waals surface area contributed by atoms with E-state index >= 15 is 0 Å². The lowest BCUT2D eigenvalue weighted by Gasteiger charge is -2.23. The van der Waals surface area contributed by atoms with Gasteiger partial charge >= 0.3 is 5.97 Å². The Morgan fingerprint density at radius 2 is 1.89 bits per heavy atom. The van der Waals surface area contributed by atoms with Crippen LogP contribution in [0.4, 0.5) is 16.5 Å². The van der Waals surface area contributed by atoms with Gasteiger partial charge in [0.1, 0.15) is 0 Å². The summed E-state index contributed by atoms with van der Waals surface area (Å²) in [6.07, 6.45) is 0. The molecule has 1 aromatic carbocycles. The summed E-state index contributed by atoms with van der Waals surface area (Å²) in [7, 11) is 1.54. The van der Waals surface area contributed by atoms with Crippen LogP contribution in [-0.2, 0) is 14.9 Å². The molecule has 0 fully saturated rings. The van der Waals surface area contributed by atoms with Crippen molar-refractivity contribution in [3.05, 3.63) is 28.8 Å². The van der Waals surface area contributed by atoms with Crippen LogP contribution >= 0.6 is 11.3 Å². The van der Waals surface area contributed by atoms with E-state index < -0.39 is 5.97 Å². The first kappa shape index (κ1) is 20.7. The Morgan fingerprint density at radius 3 is 2.44 bits per heavy atom. The SMILES string of the molecule is CCOC(=O)c1csc(Nc2cc(C(C)(C)C)cc(NC(C)=O)c2OC)n1. The molecule has 0 spiro atoms. The lowest BCUT2D eigenvalue weighted by Crippen LogP contribution is -2.15. The summed E-state index contributed by atoms with van der Waals surface area (Å²) >= 11 is 1.28. The van der Waals surface area contributed by atoms with Crippen LogP contribution in [0.2, 0.25) is 0 Å². The smallest absolute Gasteiger partial charge is 0.357 e. The second-order valence-corrected chi connectivity index (χ2v) is 7.78. The fourth-order valence-corrected chi connectivity index (χ4v) is 3.09. The van der Waals surface area contributed by atoms with Gasteiger partial charge in [0.05, 0.1) is 25.1 Å². The molecule has 2 N–H and O–H groups in total. The van der Waals surface area contributed by atoms with E-state index in [9.17, 15) is 9.59 Å². The van der Waals surface area contributed by atoms with E-state index in [4.69, 9.17) is 9.47 Å². The van der Waals surface area contributed by atoms with Crippen molar-refractivity contribution in [1.82, 2.24) is 4.98 Å². The zero-order valence-corrected chi connectivity index (χ0v) is 17.2. The van der Waals surface area contributed by atoms with Gasteiger partial charge in [-0.05, 0) is 30.0 Å². The Labute approximate surface area is 163 Å². The molecule has 0 unspecified atom stereocenters. The number of ether oxygens (including phenoxy) is 2. The number of carbonyl (C=O) groups excluding carboxylic acids is 2. The highest BCUT2D eigenvalue weighted by Crippen LogP contribution is 2.40. The summed E-state index contributed by atoms with van der Waals surface area (Å²) in [5.74, 6) is -0.161. The Morgan fingerprint density at radius 1 is 1.22 bits per heavy atom. The quantitative estimate of drug-likeness (QED) is 0.713. The lowest BCUT2D eigenvalue weighted by atomic mass is 9.86. The number of nitrogens with one attached hydrogen (secondary N) is 2. The Kier molecular flexibility index (Phi) is 6.43. The molecule has 1 aromatic heterocycles. The van der Waals surface area contributed by atoms with Crippen LogP contribution in [-0.4, -0.2) is 30.6 Å². The summed E-state index contributed by atoms with van der Waals surface area (Å²) in [6, 6.07) is 3.85. The van der Waals surface area contributed by atoms with E-state index in [2.05, 4.69) is 36.4 Å². The maximum Gasteiger partial charge on any atom is 0.357 e. The third kappa shape index (κ3) is 5.19. The van der Waals surface area contributed by atoms with Crippen LogP contribution in [0.5, 0.6) is 5.75 Å². The number of thiazole rings is 1. The molecule has 2 rings (SSSR count). The first-order valence-electron chi connectivity index (χ1n) is 8.55. The van der Waals surface area contributed by atoms with Gasteiger partial charge in [0.2, 0.25) is 5.91 Å². The molecule has 1 heterocycles. The van der Waals surface area contributed by atoms with Crippen LogP contribution in [0.1, 0.15) is 50.7 Å². The normalized spacial score (nSPS) is 11.0. The second kappa shape index (κ2) is 8.39. The van der Waals surface area contributed by atoms with E-state index in [1.807, 2.05) is 12.1 Å². The average Bonchev–Trinajstić information content (AvgIpc) is 3.02. The van der Waals surface area contributed by atoms with E-state index in [0.29, 0.717) is 28.9 Å². The van der Waals surface area contributed by atoms with E-state index in [1.165, 1.54) is 25.4 Å². The van der Waals surface area contributed by atoms with Gasteiger partial charge in [0, 0.05) is 12.3 Å². The van der Waals surface area contributed by atoms with Crippen LogP contribution in [0.15, 0.2) is 17.5 Å². The number of benzene rings is 1. The first-order chi connectivity index (χ1) is 12.7. The number of esters is 1. The maximum absolute atomic E-state index is 11.8. The third-order valence-corrected chi connectivity index (χ3v) is 4.46. The van der Waals surface area contributed by atoms with E-state index in [1.54, 1.807) is 12.3 Å². The zero-order chi connectivity index (χ0) is 20.2. The monoisotopic (exact) mass is 391 g/mol. The molecule has 0 saturated heterocycles. The van der Waals surface area contributed by atoms with Crippen molar-refractivity contribution < 1.29 is 19.1 Å². The van der Waals surface area contributed by atoms with Crippen molar-refractivity contribution in [3.63, 3.8) is 0 Å². The van der Waals surface area contributed by atoms with Gasteiger partial charge < -0.3 is 20.1 Å². The minimum atomic E-state index is -0.462. The molecule has 1 amide bonds. The summed E-state index contributed by atoms with van der Waals surface area (Å²) in [5, 5.41) is 8.16. The van der Waals surface area contributed by atoms with Crippen molar-refractivity contribution in [2.45, 2.75) is 40.0 Å². The Bertz CT molecular complexity index is 840. The number of nitrogens with zero attached hydrogens (tertiary/aromatic N) is 1. The fourth-order valence-electron chi connectivity index (χ4n) is 2.40. The topological polar surface area (TPSA) is 89.6 Å². The summed E-state index contributed by atoms with van der Waals surface area (Å²) in [6.45, 7) is 9.73. The molecule has 2 aromatic rings. The molecule has 146 valence electrons. The minimum absolute atomic E-state index is 0.144. The van der Waals surface area contributed by atoms with Gasteiger partial charge in [-0.3, -0.25) is 4.79 Å². The Balaban J connectivity index is 2.45. The lowest BCUT2D eigenvalue weighted by molar-refractivity contribution is -0.114. The van der Waals surface area contributed by atoms with Crippen molar-refractivity contribution in [1.29, 1.82) is 0 Å². The molecular formula is C19H25N3O4S. The van der Waals surface area contributed by atoms with Gasteiger partial charge in [-0.2, -0.15) is 0 Å². The van der Waals surface area contributed by atoms with Crippen LogP contribution in [0.3, 0.4) is 0 Å². The van der Waals surface area contributed by atoms with Gasteiger partial charge in [-0.25, -0.2) is 9.78 Å². The zero-order valence-electron chi connectivity index (χ0n) is 16.4. The summed E-state index contributed by atoms with van der Waals surface area (Å²) in [5.41, 5.74) is 2.34. The average molecular weight is 391 g/mol. The fraction of sp³-hybridized carbons (Fsp3) is 0.421. The summed E-state index contributed by atoms with van der Waals surface area (Å²) < 4.78 is 10.5. The highest BCUT2D eigenvalue weighted by molar-refractivity contribution is 7.14. The van der Waals surface area contributed by atoms with Crippen molar-refractivity contribution >= 4 is 39.7 Å². The van der Waals surface area contributed by atoms with E-state index in [-0.39, 0.29) is 17.0 Å². The highest BCUT2D eigenvalue weighted by Gasteiger charge is 2.21. The highest BCUT2D eigenvalue weighted by atomic mass is 32.1. The van der Waals surface area contributed by atoms with Crippen molar-refractivity contribution in [3.8, 4) is 5.75 Å². The van der Waals surface area contributed by atoms with Gasteiger partial charge in [0.15, 0.2) is 16.6 Å². The number of amides is 1. The molecule has 0 saturated carbocycles. The van der Waals surface area contributed by atoms with Crippen molar-refractivity contribution in [2.75, 3.05) is 24.4 Å². The van der Waals surface area contributed by atoms with Gasteiger partial charge in [0.25, 0.3) is 0 Å². The Hall–Kier alpha value is -2.61. The maximum atomic E-state index is 11.8. The number of carbonyl (C=O) groups is 2. The second-order valence-electron chi connectivity index (χ2n) is 6.92. The minimum Gasteiger partial charge on any atom is -0.492 e. The molecule has 0 aliphatic heterocycles. The number of methoxy groups -OCH3 is 1.